The van der Waals surface area contributed by atoms with Crippen LogP contribution in [0.25, 0.3) is 0 Å². The molecule has 0 aromatic carbocycles. The van der Waals surface area contributed by atoms with Crippen molar-refractivity contribution in [3.63, 3.8) is 0 Å². The molecule has 0 saturated carbocycles. The maximum absolute atomic E-state index is 11.9. The van der Waals surface area contributed by atoms with E-state index >= 15 is 0 Å². The summed E-state index contributed by atoms with van der Waals surface area (Å²) in [5.74, 6) is 5.43. The Kier molecular flexibility index (Phi) is 4.80. The van der Waals surface area contributed by atoms with Crippen molar-refractivity contribution in [2.45, 2.75) is 25.9 Å². The van der Waals surface area contributed by atoms with Gasteiger partial charge in [-0.3, -0.25) is 4.79 Å². The van der Waals surface area contributed by atoms with Crippen LogP contribution in [0, 0.1) is 11.8 Å². The minimum Gasteiger partial charge on any atom is -0.443 e. The van der Waals surface area contributed by atoms with Crippen LogP contribution < -0.4 is 11.1 Å². The number of nitrogens with two attached hydrogens (primary N) is 1. The van der Waals surface area contributed by atoms with E-state index in [1.807, 2.05) is 0 Å². The minimum absolute atomic E-state index is 0.164. The summed E-state index contributed by atoms with van der Waals surface area (Å²) >= 11 is 1.29. The van der Waals surface area contributed by atoms with Crippen molar-refractivity contribution in [2.24, 2.45) is 0 Å². The van der Waals surface area contributed by atoms with Gasteiger partial charge in [0.25, 0.3) is 5.91 Å². The summed E-state index contributed by atoms with van der Waals surface area (Å²) in [6, 6.07) is 3.12. The minimum atomic E-state index is -1.11. The molecule has 2 aromatic heterocycles. The van der Waals surface area contributed by atoms with Crippen LogP contribution in [0.4, 0.5) is 5.13 Å². The zero-order valence-electron chi connectivity index (χ0n) is 12.2. The molecule has 22 heavy (non-hydrogen) atoms. The van der Waals surface area contributed by atoms with Gasteiger partial charge >= 0.3 is 0 Å². The van der Waals surface area contributed by atoms with E-state index in [4.69, 9.17) is 10.2 Å². The van der Waals surface area contributed by atoms with Crippen molar-refractivity contribution in [2.75, 3.05) is 12.3 Å². The van der Waals surface area contributed by atoms with E-state index in [1.165, 1.54) is 17.4 Å². The Morgan fingerprint density at radius 1 is 1.50 bits per heavy atom. The van der Waals surface area contributed by atoms with Crippen molar-refractivity contribution in [3.8, 4) is 11.8 Å². The number of nitrogens with one attached hydrogen (secondary N) is 1. The van der Waals surface area contributed by atoms with Gasteiger partial charge in [-0.25, -0.2) is 0 Å². The van der Waals surface area contributed by atoms with Gasteiger partial charge in [0, 0.05) is 13.0 Å². The van der Waals surface area contributed by atoms with Crippen LogP contribution in [0.1, 0.15) is 35.2 Å². The molecular weight excluding hydrogens is 304 g/mol. The summed E-state index contributed by atoms with van der Waals surface area (Å²) in [6.45, 7) is 3.53. The van der Waals surface area contributed by atoms with Gasteiger partial charge < -0.3 is 20.6 Å². The van der Waals surface area contributed by atoms with E-state index < -0.39 is 5.60 Å². The predicted octanol–water partition coefficient (Wildman–Crippen LogP) is 0.808. The standard InChI is InChI=1S/C14H16N4O3S/c1-14(2,20)7-5-9-3-4-10(21-9)12(19)16-8-6-11-17-18-13(15)22-11/h3-4,20H,6,8H2,1-2H3,(H2,15,18)(H,16,19). The molecular formula is C14H16N4O3S. The quantitative estimate of drug-likeness (QED) is 0.718. The van der Waals surface area contributed by atoms with Gasteiger partial charge in [-0.2, -0.15) is 0 Å². The van der Waals surface area contributed by atoms with E-state index in [0.717, 1.165) is 5.01 Å². The van der Waals surface area contributed by atoms with Gasteiger partial charge in [0.05, 0.1) is 0 Å². The molecule has 0 radical (unpaired) electrons. The fourth-order valence-electron chi connectivity index (χ4n) is 1.48. The molecule has 4 N–H and O–H groups in total. The lowest BCUT2D eigenvalue weighted by atomic mass is 10.1. The summed E-state index contributed by atoms with van der Waals surface area (Å²) in [4.78, 5) is 11.9. The van der Waals surface area contributed by atoms with E-state index in [2.05, 4.69) is 27.4 Å². The molecule has 7 nitrogen and oxygen atoms in total. The first-order valence-corrected chi connectivity index (χ1v) is 7.36. The monoisotopic (exact) mass is 320 g/mol. The molecule has 0 saturated heterocycles. The highest BCUT2D eigenvalue weighted by molar-refractivity contribution is 7.15. The maximum Gasteiger partial charge on any atom is 0.287 e. The summed E-state index contributed by atoms with van der Waals surface area (Å²) < 4.78 is 5.31. The number of aromatic nitrogens is 2. The number of nitrogen functional groups attached to an aromatic ring is 1. The molecule has 1 amide bonds. The summed E-state index contributed by atoms with van der Waals surface area (Å²) in [7, 11) is 0. The van der Waals surface area contributed by atoms with Crippen LogP contribution in [0.5, 0.6) is 0 Å². The van der Waals surface area contributed by atoms with Crippen LogP contribution in [-0.4, -0.2) is 33.4 Å². The first-order valence-electron chi connectivity index (χ1n) is 6.55. The Hall–Kier alpha value is -2.37. The maximum atomic E-state index is 11.9. The summed E-state index contributed by atoms with van der Waals surface area (Å²) in [5.41, 5.74) is 4.36. The van der Waals surface area contributed by atoms with Gasteiger partial charge in [-0.15, -0.1) is 10.2 Å². The molecule has 2 aromatic rings. The third-order valence-electron chi connectivity index (χ3n) is 2.43. The lowest BCUT2D eigenvalue weighted by Gasteiger charge is -2.05. The Labute approximate surface area is 131 Å². The first-order chi connectivity index (χ1) is 10.3. The SMILES string of the molecule is CC(C)(O)C#Cc1ccc(C(=O)NCCc2nnc(N)s2)o1. The van der Waals surface area contributed by atoms with E-state index in [-0.39, 0.29) is 11.7 Å². The molecule has 0 aliphatic heterocycles. The Morgan fingerprint density at radius 2 is 2.27 bits per heavy atom. The van der Waals surface area contributed by atoms with Crippen molar-refractivity contribution in [3.05, 3.63) is 28.7 Å². The Balaban J connectivity index is 1.87. The third-order valence-corrected chi connectivity index (χ3v) is 3.24. The molecule has 0 aliphatic rings. The molecule has 0 aliphatic carbocycles. The molecule has 2 rings (SSSR count). The Morgan fingerprint density at radius 3 is 2.91 bits per heavy atom. The highest BCUT2D eigenvalue weighted by atomic mass is 32.1. The van der Waals surface area contributed by atoms with Crippen LogP contribution in [0.2, 0.25) is 0 Å². The highest BCUT2D eigenvalue weighted by Crippen LogP contribution is 2.11. The zero-order valence-corrected chi connectivity index (χ0v) is 13.0. The number of anilines is 1. The second-order valence-electron chi connectivity index (χ2n) is 5.01. The van der Waals surface area contributed by atoms with Gasteiger partial charge in [0.15, 0.2) is 11.5 Å². The third kappa shape index (κ3) is 4.87. The molecule has 0 unspecified atom stereocenters. The number of rotatable bonds is 4. The van der Waals surface area contributed by atoms with Gasteiger partial charge in [0.1, 0.15) is 10.6 Å². The van der Waals surface area contributed by atoms with Crippen LogP contribution >= 0.6 is 11.3 Å². The highest BCUT2D eigenvalue weighted by Gasteiger charge is 2.11. The normalized spacial score (nSPS) is 10.9. The topological polar surface area (TPSA) is 114 Å². The van der Waals surface area contributed by atoms with Gasteiger partial charge in [-0.1, -0.05) is 17.3 Å². The lowest BCUT2D eigenvalue weighted by Crippen LogP contribution is -2.25. The molecule has 2 heterocycles. The molecule has 116 valence electrons. The number of carbonyl (C=O) groups is 1. The van der Waals surface area contributed by atoms with Crippen LogP contribution in [0.15, 0.2) is 16.5 Å². The number of carbonyl (C=O) groups excluding carboxylic acids is 1. The molecule has 0 fully saturated rings. The van der Waals surface area contributed by atoms with E-state index in [0.29, 0.717) is 23.9 Å². The zero-order chi connectivity index (χ0) is 16.2. The number of nitrogens with zero attached hydrogens (tertiary/aromatic N) is 2. The Bertz CT molecular complexity index is 718. The van der Waals surface area contributed by atoms with Gasteiger partial charge in [0.2, 0.25) is 5.13 Å². The average Bonchev–Trinajstić information content (AvgIpc) is 3.05. The number of hydrogen-bond donors (Lipinski definition) is 3. The van der Waals surface area contributed by atoms with Crippen molar-refractivity contribution in [1.29, 1.82) is 0 Å². The van der Waals surface area contributed by atoms with Crippen molar-refractivity contribution < 1.29 is 14.3 Å². The molecule has 0 spiro atoms. The molecule has 0 bridgehead atoms. The number of furan rings is 1. The second-order valence-corrected chi connectivity index (χ2v) is 6.11. The number of hydrogen-bond acceptors (Lipinski definition) is 7. The fraction of sp³-hybridized carbons (Fsp3) is 0.357. The molecule has 8 heteroatoms. The summed E-state index contributed by atoms with van der Waals surface area (Å²) in [6.07, 6.45) is 0.548. The summed E-state index contributed by atoms with van der Waals surface area (Å²) in [5, 5.41) is 20.9. The van der Waals surface area contributed by atoms with E-state index in [9.17, 15) is 9.90 Å². The van der Waals surface area contributed by atoms with Crippen LogP contribution in [0.3, 0.4) is 0 Å². The lowest BCUT2D eigenvalue weighted by molar-refractivity contribution is 0.0926. The van der Waals surface area contributed by atoms with Crippen molar-refractivity contribution in [1.82, 2.24) is 15.5 Å². The number of amides is 1. The van der Waals surface area contributed by atoms with Crippen molar-refractivity contribution >= 4 is 22.4 Å². The fourth-order valence-corrected chi connectivity index (χ4v) is 2.09. The number of aliphatic hydroxyl groups is 1. The van der Waals surface area contributed by atoms with Crippen LogP contribution in [-0.2, 0) is 6.42 Å². The second kappa shape index (κ2) is 6.60. The average molecular weight is 320 g/mol. The molecule has 0 atom stereocenters. The smallest absolute Gasteiger partial charge is 0.287 e. The first kappa shape index (κ1) is 16.0. The van der Waals surface area contributed by atoms with E-state index in [1.54, 1.807) is 19.9 Å². The predicted molar refractivity (Wildman–Crippen MR) is 82.2 cm³/mol. The van der Waals surface area contributed by atoms with Gasteiger partial charge in [-0.05, 0) is 31.9 Å². The largest absolute Gasteiger partial charge is 0.443 e.